The maximum absolute atomic E-state index is 10.8. The predicted molar refractivity (Wildman–Crippen MR) is 93.7 cm³/mol. The molecule has 2 N–H and O–H groups in total. The molecule has 0 aliphatic rings. The van der Waals surface area contributed by atoms with Gasteiger partial charge in [-0.1, -0.05) is 24.3 Å². The van der Waals surface area contributed by atoms with Gasteiger partial charge in [0, 0.05) is 0 Å². The van der Waals surface area contributed by atoms with Crippen molar-refractivity contribution in [3.8, 4) is 11.8 Å². The summed E-state index contributed by atoms with van der Waals surface area (Å²) in [6.07, 6.45) is 0.786. The number of imidazole rings is 1. The van der Waals surface area contributed by atoms with Crippen molar-refractivity contribution >= 4 is 28.7 Å². The summed E-state index contributed by atoms with van der Waals surface area (Å²) in [6, 6.07) is 16.5. The van der Waals surface area contributed by atoms with Gasteiger partial charge in [-0.15, -0.1) is 0 Å². The second kappa shape index (κ2) is 6.89. The monoisotopic (exact) mass is 333 g/mol. The molecule has 0 fully saturated rings. The number of carboxylic acids is 1. The maximum Gasteiger partial charge on any atom is 0.344 e. The van der Waals surface area contributed by atoms with Gasteiger partial charge in [0.15, 0.2) is 6.10 Å². The molecule has 0 saturated heterocycles. The van der Waals surface area contributed by atoms with E-state index in [1.165, 1.54) is 6.92 Å². The van der Waals surface area contributed by atoms with Crippen molar-refractivity contribution in [2.45, 2.75) is 13.0 Å². The summed E-state index contributed by atoms with van der Waals surface area (Å²) in [5.74, 6) is -0.0709. The minimum Gasteiger partial charge on any atom is -0.479 e. The SMILES string of the molecule is CC(Oc1ccc(C=C(C#N)c2nc3ccccc3[nH]2)cc1)C(=O)O. The lowest BCUT2D eigenvalue weighted by atomic mass is 10.1. The van der Waals surface area contributed by atoms with Crippen LogP contribution in [0.25, 0.3) is 22.7 Å². The topological polar surface area (TPSA) is 99.0 Å². The highest BCUT2D eigenvalue weighted by Crippen LogP contribution is 2.21. The van der Waals surface area contributed by atoms with Gasteiger partial charge < -0.3 is 14.8 Å². The average molecular weight is 333 g/mol. The van der Waals surface area contributed by atoms with E-state index in [-0.39, 0.29) is 0 Å². The van der Waals surface area contributed by atoms with Gasteiger partial charge in [-0.25, -0.2) is 9.78 Å². The number of fused-ring (bicyclic) bond motifs is 1. The van der Waals surface area contributed by atoms with E-state index in [4.69, 9.17) is 9.84 Å². The Labute approximate surface area is 144 Å². The van der Waals surface area contributed by atoms with E-state index in [0.717, 1.165) is 16.6 Å². The van der Waals surface area contributed by atoms with Gasteiger partial charge >= 0.3 is 5.97 Å². The molecule has 124 valence electrons. The molecule has 0 spiro atoms. The first-order valence-corrected chi connectivity index (χ1v) is 7.63. The molecule has 1 aromatic heterocycles. The molecule has 1 heterocycles. The second-order valence-corrected chi connectivity index (χ2v) is 5.44. The van der Waals surface area contributed by atoms with Crippen molar-refractivity contribution in [1.82, 2.24) is 9.97 Å². The molecule has 6 heteroatoms. The molecule has 25 heavy (non-hydrogen) atoms. The predicted octanol–water partition coefficient (Wildman–Crippen LogP) is 3.48. The maximum atomic E-state index is 10.8. The van der Waals surface area contributed by atoms with Crippen LogP contribution in [0.15, 0.2) is 48.5 Å². The molecular weight excluding hydrogens is 318 g/mol. The number of aromatic nitrogens is 2. The fourth-order valence-electron chi connectivity index (χ4n) is 2.30. The fraction of sp³-hybridized carbons (Fsp3) is 0.105. The minimum atomic E-state index is -1.03. The van der Waals surface area contributed by atoms with E-state index < -0.39 is 12.1 Å². The first kappa shape index (κ1) is 16.3. The summed E-state index contributed by atoms with van der Waals surface area (Å²) in [7, 11) is 0. The summed E-state index contributed by atoms with van der Waals surface area (Å²) >= 11 is 0. The Hall–Kier alpha value is -3.59. The number of nitriles is 1. The first-order chi connectivity index (χ1) is 12.1. The number of nitrogens with one attached hydrogen (secondary N) is 1. The molecule has 0 bridgehead atoms. The molecule has 1 atom stereocenters. The van der Waals surface area contributed by atoms with Crippen LogP contribution in [0, 0.1) is 11.3 Å². The van der Waals surface area contributed by atoms with Gasteiger partial charge in [0.05, 0.1) is 16.6 Å². The van der Waals surface area contributed by atoms with E-state index in [2.05, 4.69) is 16.0 Å². The average Bonchev–Trinajstić information content (AvgIpc) is 3.04. The number of para-hydroxylation sites is 2. The summed E-state index contributed by atoms with van der Waals surface area (Å²) in [6.45, 7) is 1.46. The van der Waals surface area contributed by atoms with Crippen molar-refractivity contribution in [2.75, 3.05) is 0 Å². The number of carbonyl (C=O) groups is 1. The van der Waals surface area contributed by atoms with Gasteiger partial charge in [-0.05, 0) is 42.8 Å². The Morgan fingerprint density at radius 1 is 1.28 bits per heavy atom. The van der Waals surface area contributed by atoms with Crippen molar-refractivity contribution < 1.29 is 14.6 Å². The largest absolute Gasteiger partial charge is 0.479 e. The fourth-order valence-corrected chi connectivity index (χ4v) is 2.30. The minimum absolute atomic E-state index is 0.406. The quantitative estimate of drug-likeness (QED) is 0.696. The number of nitrogens with zero attached hydrogens (tertiary/aromatic N) is 2. The number of aromatic amines is 1. The number of benzene rings is 2. The molecule has 0 saturated carbocycles. The highest BCUT2D eigenvalue weighted by atomic mass is 16.5. The Bertz CT molecular complexity index is 948. The molecule has 3 aromatic rings. The summed E-state index contributed by atoms with van der Waals surface area (Å²) in [5.41, 5.74) is 2.85. The van der Waals surface area contributed by atoms with E-state index in [1.54, 1.807) is 30.3 Å². The van der Waals surface area contributed by atoms with Crippen molar-refractivity contribution in [2.24, 2.45) is 0 Å². The van der Waals surface area contributed by atoms with Gasteiger partial charge in [0.1, 0.15) is 17.6 Å². The number of rotatable bonds is 5. The Balaban J connectivity index is 1.85. The van der Waals surface area contributed by atoms with Crippen LogP contribution in [0.3, 0.4) is 0 Å². The van der Waals surface area contributed by atoms with Gasteiger partial charge in [0.2, 0.25) is 0 Å². The Morgan fingerprint density at radius 2 is 2.00 bits per heavy atom. The number of aliphatic carboxylic acids is 1. The van der Waals surface area contributed by atoms with Gasteiger partial charge in [-0.2, -0.15) is 5.26 Å². The van der Waals surface area contributed by atoms with Crippen molar-refractivity contribution in [1.29, 1.82) is 5.26 Å². The Morgan fingerprint density at radius 3 is 2.64 bits per heavy atom. The van der Waals surface area contributed by atoms with Gasteiger partial charge in [0.25, 0.3) is 0 Å². The van der Waals surface area contributed by atoms with Crippen molar-refractivity contribution in [3.63, 3.8) is 0 Å². The van der Waals surface area contributed by atoms with Crippen LogP contribution in [0.2, 0.25) is 0 Å². The molecule has 0 aliphatic carbocycles. The van der Waals surface area contributed by atoms with Crippen LogP contribution in [-0.2, 0) is 4.79 Å². The van der Waals surface area contributed by atoms with Crippen LogP contribution >= 0.6 is 0 Å². The molecule has 2 aromatic carbocycles. The lowest BCUT2D eigenvalue weighted by Gasteiger charge is -2.10. The standard InChI is InChI=1S/C19H15N3O3/c1-12(19(23)24)25-15-8-6-13(7-9-15)10-14(11-20)18-21-16-4-2-3-5-17(16)22-18/h2-10,12H,1H3,(H,21,22)(H,23,24). The number of hydrogen-bond donors (Lipinski definition) is 2. The highest BCUT2D eigenvalue weighted by Gasteiger charge is 2.12. The molecule has 6 nitrogen and oxygen atoms in total. The number of H-pyrrole nitrogens is 1. The van der Waals surface area contributed by atoms with Crippen LogP contribution in [0.1, 0.15) is 18.3 Å². The van der Waals surface area contributed by atoms with Gasteiger partial charge in [-0.3, -0.25) is 0 Å². The summed E-state index contributed by atoms with van der Waals surface area (Å²) in [4.78, 5) is 18.3. The van der Waals surface area contributed by atoms with E-state index in [0.29, 0.717) is 17.1 Å². The molecule has 1 unspecified atom stereocenters. The van der Waals surface area contributed by atoms with Crippen molar-refractivity contribution in [3.05, 3.63) is 59.9 Å². The van der Waals surface area contributed by atoms with Crippen LogP contribution < -0.4 is 4.74 Å². The zero-order valence-corrected chi connectivity index (χ0v) is 13.4. The first-order valence-electron chi connectivity index (χ1n) is 7.63. The zero-order chi connectivity index (χ0) is 17.8. The number of allylic oxidation sites excluding steroid dienone is 1. The highest BCUT2D eigenvalue weighted by molar-refractivity contribution is 5.90. The summed E-state index contributed by atoms with van der Waals surface area (Å²) < 4.78 is 5.28. The van der Waals surface area contributed by atoms with E-state index in [1.807, 2.05) is 24.3 Å². The summed E-state index contributed by atoms with van der Waals surface area (Å²) in [5, 5.41) is 18.3. The Kier molecular flexibility index (Phi) is 4.48. The van der Waals surface area contributed by atoms with E-state index in [9.17, 15) is 10.1 Å². The third-order valence-corrected chi connectivity index (χ3v) is 3.62. The lowest BCUT2D eigenvalue weighted by molar-refractivity contribution is -0.144. The number of carboxylic acid groups (broad SMARTS) is 1. The molecule has 0 radical (unpaired) electrons. The smallest absolute Gasteiger partial charge is 0.344 e. The normalized spacial score (nSPS) is 12.6. The molecule has 0 amide bonds. The number of hydrogen-bond acceptors (Lipinski definition) is 4. The van der Waals surface area contributed by atoms with Crippen LogP contribution in [0.4, 0.5) is 0 Å². The van der Waals surface area contributed by atoms with Crippen LogP contribution in [0.5, 0.6) is 5.75 Å². The molecule has 3 rings (SSSR count). The second-order valence-electron chi connectivity index (χ2n) is 5.44. The third kappa shape index (κ3) is 3.67. The third-order valence-electron chi connectivity index (χ3n) is 3.62. The number of ether oxygens (including phenoxy) is 1. The lowest BCUT2D eigenvalue weighted by Crippen LogP contribution is -2.22. The van der Waals surface area contributed by atoms with Crippen LogP contribution in [-0.4, -0.2) is 27.1 Å². The molecule has 0 aliphatic heterocycles. The molecular formula is C19H15N3O3. The zero-order valence-electron chi connectivity index (χ0n) is 13.4. The van der Waals surface area contributed by atoms with E-state index >= 15 is 0 Å².